The van der Waals surface area contributed by atoms with E-state index in [0.29, 0.717) is 36.2 Å². The van der Waals surface area contributed by atoms with E-state index in [0.717, 1.165) is 5.82 Å². The molecule has 8 heteroatoms. The van der Waals surface area contributed by atoms with Crippen LogP contribution in [0, 0.1) is 0 Å². The van der Waals surface area contributed by atoms with Gasteiger partial charge in [0.15, 0.2) is 0 Å². The lowest BCUT2D eigenvalue weighted by Crippen LogP contribution is -2.34. The van der Waals surface area contributed by atoms with Gasteiger partial charge in [0.05, 0.1) is 6.54 Å². The lowest BCUT2D eigenvalue weighted by Gasteiger charge is -2.18. The summed E-state index contributed by atoms with van der Waals surface area (Å²) in [6.45, 7) is 1.12. The average Bonchev–Trinajstić information content (AvgIpc) is 2.88. The number of halogens is 1. The van der Waals surface area contributed by atoms with Crippen LogP contribution in [0.1, 0.15) is 5.56 Å². The first kappa shape index (κ1) is 18.2. The number of hydrogen-bond donors (Lipinski definition) is 1. The zero-order valence-corrected chi connectivity index (χ0v) is 15.0. The van der Waals surface area contributed by atoms with Gasteiger partial charge in [-0.2, -0.15) is 0 Å². The SMILES string of the molecule is CN(CCOc1ccc(CC2(F)SC(=O)NC2=O)cc1)c1ccccn1. The molecular weight excluding hydrogens is 357 g/mol. The molecule has 1 saturated heterocycles. The van der Waals surface area contributed by atoms with Gasteiger partial charge in [0.25, 0.3) is 11.1 Å². The lowest BCUT2D eigenvalue weighted by molar-refractivity contribution is -0.125. The number of nitrogens with one attached hydrogen (secondary N) is 1. The summed E-state index contributed by atoms with van der Waals surface area (Å²) in [7, 11) is 1.93. The van der Waals surface area contributed by atoms with Gasteiger partial charge < -0.3 is 9.64 Å². The molecule has 1 fully saturated rings. The number of hydrogen-bond acceptors (Lipinski definition) is 6. The number of aromatic nitrogens is 1. The van der Waals surface area contributed by atoms with E-state index >= 15 is 0 Å². The lowest BCUT2D eigenvalue weighted by atomic mass is 10.1. The molecule has 0 bridgehead atoms. The van der Waals surface area contributed by atoms with E-state index in [9.17, 15) is 14.0 Å². The molecule has 1 aromatic carbocycles. The molecule has 2 amide bonds. The molecule has 0 spiro atoms. The number of ether oxygens (including phenoxy) is 1. The Bertz CT molecular complexity index is 788. The third-order valence-electron chi connectivity index (χ3n) is 3.90. The van der Waals surface area contributed by atoms with E-state index in [2.05, 4.69) is 4.98 Å². The Kier molecular flexibility index (Phi) is 5.41. The molecule has 1 aliphatic heterocycles. The van der Waals surface area contributed by atoms with Gasteiger partial charge in [-0.25, -0.2) is 9.37 Å². The Morgan fingerprint density at radius 2 is 2.00 bits per heavy atom. The molecule has 3 rings (SSSR count). The van der Waals surface area contributed by atoms with E-state index in [1.165, 1.54) is 0 Å². The molecule has 2 heterocycles. The summed E-state index contributed by atoms with van der Waals surface area (Å²) in [6, 6.07) is 12.5. The summed E-state index contributed by atoms with van der Waals surface area (Å²) in [5.74, 6) is 0.614. The van der Waals surface area contributed by atoms with Crippen LogP contribution in [0.2, 0.25) is 0 Å². The number of rotatable bonds is 7. The Hall–Kier alpha value is -2.61. The second-order valence-electron chi connectivity index (χ2n) is 5.85. The van der Waals surface area contributed by atoms with Crippen molar-refractivity contribution in [2.75, 3.05) is 25.1 Å². The molecule has 1 N–H and O–H groups in total. The van der Waals surface area contributed by atoms with E-state index in [1.54, 1.807) is 30.5 Å². The summed E-state index contributed by atoms with van der Waals surface area (Å²) < 4.78 is 20.2. The van der Waals surface area contributed by atoms with E-state index in [-0.39, 0.29) is 6.42 Å². The van der Waals surface area contributed by atoms with Crippen LogP contribution >= 0.6 is 11.8 Å². The fourth-order valence-electron chi connectivity index (χ4n) is 2.48. The highest BCUT2D eigenvalue weighted by molar-refractivity contribution is 8.15. The summed E-state index contributed by atoms with van der Waals surface area (Å²) in [5, 5.41) is -0.936. The minimum atomic E-state index is -2.25. The number of carbonyl (C=O) groups is 2. The molecule has 1 aromatic heterocycles. The van der Waals surface area contributed by atoms with Crippen LogP contribution < -0.4 is 15.0 Å². The highest BCUT2D eigenvalue weighted by atomic mass is 32.2. The quantitative estimate of drug-likeness (QED) is 0.802. The second kappa shape index (κ2) is 7.74. The monoisotopic (exact) mass is 375 g/mol. The maximum atomic E-state index is 14.5. The maximum absolute atomic E-state index is 14.5. The van der Waals surface area contributed by atoms with E-state index in [4.69, 9.17) is 4.74 Å². The summed E-state index contributed by atoms with van der Waals surface area (Å²) in [4.78, 5) is 28.9. The van der Waals surface area contributed by atoms with Crippen molar-refractivity contribution in [3.8, 4) is 5.75 Å². The molecular formula is C18H18FN3O3S. The zero-order valence-electron chi connectivity index (χ0n) is 14.1. The van der Waals surface area contributed by atoms with Crippen LogP contribution in [0.3, 0.4) is 0 Å². The highest BCUT2D eigenvalue weighted by Gasteiger charge is 2.48. The maximum Gasteiger partial charge on any atom is 0.289 e. The number of likely N-dealkylation sites (N-methyl/N-ethyl adjacent to an activating group) is 1. The zero-order chi connectivity index (χ0) is 18.6. The summed E-state index contributed by atoms with van der Waals surface area (Å²) >= 11 is 0.381. The van der Waals surface area contributed by atoms with Crippen molar-refractivity contribution in [1.82, 2.24) is 10.3 Å². The Labute approximate surface area is 154 Å². The molecule has 136 valence electrons. The molecule has 26 heavy (non-hydrogen) atoms. The van der Waals surface area contributed by atoms with Gasteiger partial charge in [0.1, 0.15) is 18.2 Å². The Morgan fingerprint density at radius 1 is 1.23 bits per heavy atom. The predicted molar refractivity (Wildman–Crippen MR) is 98.1 cm³/mol. The van der Waals surface area contributed by atoms with Crippen LogP contribution in [0.25, 0.3) is 0 Å². The second-order valence-corrected chi connectivity index (χ2v) is 7.07. The van der Waals surface area contributed by atoms with Gasteiger partial charge in [-0.3, -0.25) is 14.9 Å². The van der Waals surface area contributed by atoms with Crippen LogP contribution in [0.4, 0.5) is 15.0 Å². The van der Waals surface area contributed by atoms with Crippen molar-refractivity contribution in [1.29, 1.82) is 0 Å². The van der Waals surface area contributed by atoms with Crippen molar-refractivity contribution in [2.45, 2.75) is 11.4 Å². The van der Waals surface area contributed by atoms with Gasteiger partial charge in [0.2, 0.25) is 5.00 Å². The number of imide groups is 1. The molecule has 1 aliphatic rings. The first-order valence-electron chi connectivity index (χ1n) is 8.03. The van der Waals surface area contributed by atoms with Gasteiger partial charge in [-0.1, -0.05) is 18.2 Å². The number of alkyl halides is 1. The van der Waals surface area contributed by atoms with Crippen molar-refractivity contribution in [3.63, 3.8) is 0 Å². The molecule has 0 aliphatic carbocycles. The predicted octanol–water partition coefficient (Wildman–Crippen LogP) is 2.79. The largest absolute Gasteiger partial charge is 0.492 e. The smallest absolute Gasteiger partial charge is 0.289 e. The number of nitrogens with zero attached hydrogens (tertiary/aromatic N) is 2. The standard InChI is InChI=1S/C18H18FN3O3S/c1-22(15-4-2-3-9-20-15)10-11-25-14-7-5-13(6-8-14)12-18(19)16(23)21-17(24)26-18/h2-9H,10-12H2,1H3,(H,21,23,24). The third kappa shape index (κ3) is 4.32. The highest BCUT2D eigenvalue weighted by Crippen LogP contribution is 2.36. The van der Waals surface area contributed by atoms with Crippen molar-refractivity contribution in [3.05, 3.63) is 54.2 Å². The Morgan fingerprint density at radius 3 is 2.62 bits per heavy atom. The van der Waals surface area contributed by atoms with Crippen LogP contribution in [-0.2, 0) is 11.2 Å². The third-order valence-corrected chi connectivity index (χ3v) is 4.84. The molecule has 0 radical (unpaired) electrons. The van der Waals surface area contributed by atoms with Gasteiger partial charge in [-0.05, 0) is 41.6 Å². The van der Waals surface area contributed by atoms with Crippen molar-refractivity contribution in [2.24, 2.45) is 0 Å². The van der Waals surface area contributed by atoms with E-state index < -0.39 is 16.1 Å². The Balaban J connectivity index is 1.50. The number of amides is 2. The summed E-state index contributed by atoms with van der Waals surface area (Å²) in [5.41, 5.74) is 0.614. The van der Waals surface area contributed by atoms with E-state index in [1.807, 2.05) is 35.5 Å². The average molecular weight is 375 g/mol. The molecule has 2 aromatic rings. The van der Waals surface area contributed by atoms with Crippen molar-refractivity contribution < 1.29 is 18.7 Å². The fraction of sp³-hybridized carbons (Fsp3) is 0.278. The number of carbonyl (C=O) groups excluding carboxylic acids is 2. The normalized spacial score (nSPS) is 19.3. The first-order valence-corrected chi connectivity index (χ1v) is 8.85. The number of pyridine rings is 1. The van der Waals surface area contributed by atoms with Crippen LogP contribution in [-0.4, -0.2) is 41.3 Å². The first-order chi connectivity index (χ1) is 12.5. The van der Waals surface area contributed by atoms with Crippen LogP contribution in [0.5, 0.6) is 5.75 Å². The summed E-state index contributed by atoms with van der Waals surface area (Å²) in [6.07, 6.45) is 1.57. The molecule has 0 saturated carbocycles. The number of anilines is 1. The molecule has 1 atom stereocenters. The number of thioether (sulfide) groups is 1. The minimum absolute atomic E-state index is 0.169. The number of benzene rings is 1. The van der Waals surface area contributed by atoms with Crippen LogP contribution in [0.15, 0.2) is 48.7 Å². The molecule has 1 unspecified atom stereocenters. The van der Waals surface area contributed by atoms with Gasteiger partial charge in [-0.15, -0.1) is 0 Å². The van der Waals surface area contributed by atoms with Gasteiger partial charge >= 0.3 is 0 Å². The topological polar surface area (TPSA) is 71.5 Å². The minimum Gasteiger partial charge on any atom is -0.492 e. The van der Waals surface area contributed by atoms with Gasteiger partial charge in [0, 0.05) is 19.7 Å². The fourth-order valence-corrected chi connectivity index (χ4v) is 3.30. The van der Waals surface area contributed by atoms with Crippen molar-refractivity contribution >= 4 is 28.7 Å². The molecule has 6 nitrogen and oxygen atoms in total.